The average molecular weight is 488 g/mol. The Hall–Kier alpha value is -4.59. The fourth-order valence-electron chi connectivity index (χ4n) is 4.25. The molecule has 0 aliphatic heterocycles. The number of fused-ring (bicyclic) bond motifs is 2. The van der Waals surface area contributed by atoms with Gasteiger partial charge in [-0.15, -0.1) is 0 Å². The number of hydrogen-bond donors (Lipinski definition) is 2. The molecule has 36 heavy (non-hydrogen) atoms. The van der Waals surface area contributed by atoms with Crippen LogP contribution < -0.4 is 4.74 Å². The zero-order chi connectivity index (χ0) is 26.0. The van der Waals surface area contributed by atoms with Gasteiger partial charge in [-0.2, -0.15) is 0 Å². The molecule has 1 heterocycles. The number of hydrogen-bond acceptors (Lipinski definition) is 7. The smallest absolute Gasteiger partial charge is 0.340 e. The zero-order valence-corrected chi connectivity index (χ0v) is 20.1. The van der Waals surface area contributed by atoms with E-state index in [2.05, 4.69) is 0 Å². The molecule has 2 N–H and O–H groups in total. The molecule has 1 aromatic heterocycles. The van der Waals surface area contributed by atoms with Crippen molar-refractivity contribution in [3.63, 3.8) is 0 Å². The van der Waals surface area contributed by atoms with Crippen LogP contribution in [0.15, 0.2) is 60.7 Å². The van der Waals surface area contributed by atoms with Crippen LogP contribution in [0.5, 0.6) is 17.4 Å². The van der Waals surface area contributed by atoms with E-state index < -0.39 is 23.3 Å². The van der Waals surface area contributed by atoms with Crippen molar-refractivity contribution < 1.29 is 34.1 Å². The van der Waals surface area contributed by atoms with E-state index in [1.165, 1.54) is 10.6 Å². The minimum atomic E-state index is -0.856. The molecule has 0 spiro atoms. The van der Waals surface area contributed by atoms with E-state index >= 15 is 0 Å². The summed E-state index contributed by atoms with van der Waals surface area (Å²) < 4.78 is 11.9. The third-order valence-electron chi connectivity index (χ3n) is 6.04. The largest absolute Gasteiger partial charge is 0.506 e. The second kappa shape index (κ2) is 9.95. The van der Waals surface area contributed by atoms with E-state index in [0.29, 0.717) is 5.75 Å². The maximum atomic E-state index is 13.2. The van der Waals surface area contributed by atoms with E-state index in [-0.39, 0.29) is 52.2 Å². The summed E-state index contributed by atoms with van der Waals surface area (Å²) in [6.07, 6.45) is 2.11. The van der Waals surface area contributed by atoms with Gasteiger partial charge in [0.1, 0.15) is 11.5 Å². The molecule has 8 nitrogen and oxygen atoms in total. The number of allylic oxidation sites excluding steroid dienone is 2. The first-order chi connectivity index (χ1) is 17.3. The normalized spacial score (nSPS) is 12.3. The first-order valence-corrected chi connectivity index (χ1v) is 11.3. The van der Waals surface area contributed by atoms with Crippen LogP contribution in [0, 0.1) is 6.92 Å². The fourth-order valence-corrected chi connectivity index (χ4v) is 4.25. The van der Waals surface area contributed by atoms with Gasteiger partial charge in [-0.25, -0.2) is 4.79 Å². The summed E-state index contributed by atoms with van der Waals surface area (Å²) in [5, 5.41) is 23.1. The first-order valence-electron chi connectivity index (χ1n) is 11.3. The predicted molar refractivity (Wildman–Crippen MR) is 133 cm³/mol. The summed E-state index contributed by atoms with van der Waals surface area (Å²) in [4.78, 5) is 39.3. The van der Waals surface area contributed by atoms with Crippen LogP contribution in [0.1, 0.15) is 49.3 Å². The van der Waals surface area contributed by atoms with Crippen molar-refractivity contribution in [3.05, 3.63) is 88.6 Å². The van der Waals surface area contributed by atoms with Gasteiger partial charge in [0.15, 0.2) is 17.4 Å². The van der Waals surface area contributed by atoms with Crippen LogP contribution in [-0.2, 0) is 11.3 Å². The minimum Gasteiger partial charge on any atom is -0.506 e. The van der Waals surface area contributed by atoms with E-state index in [4.69, 9.17) is 9.47 Å². The Morgan fingerprint density at radius 2 is 1.53 bits per heavy atom. The lowest BCUT2D eigenvalue weighted by atomic mass is 9.90. The number of carbonyl (C=O) groups is 3. The molecular formula is C28H25NO7. The van der Waals surface area contributed by atoms with E-state index in [1.807, 2.05) is 0 Å². The molecule has 0 saturated carbocycles. The third kappa shape index (κ3) is 4.29. The molecular weight excluding hydrogens is 462 g/mol. The Morgan fingerprint density at radius 3 is 2.14 bits per heavy atom. The molecule has 0 atom stereocenters. The Kier molecular flexibility index (Phi) is 6.78. The lowest BCUT2D eigenvalue weighted by molar-refractivity contribution is 0.0521. The minimum absolute atomic E-state index is 0.0142. The van der Waals surface area contributed by atoms with Crippen LogP contribution in [-0.4, -0.2) is 46.0 Å². The number of ether oxygens (including phenoxy) is 2. The molecule has 0 unspecified atom stereocenters. The highest BCUT2D eigenvalue weighted by atomic mass is 16.5. The fraction of sp³-hybridized carbons (Fsp3) is 0.179. The highest BCUT2D eigenvalue weighted by molar-refractivity contribution is 6.26. The first kappa shape index (κ1) is 24.5. The number of benzene rings is 2. The topological polar surface area (TPSA) is 115 Å². The summed E-state index contributed by atoms with van der Waals surface area (Å²) in [5.41, 5.74) is 0.121. The SMILES string of the molecule is CCOC(=O)c1c2c(c(O)c3ccccc3c(O)n(Cc3ccc(OC)cc3)c1C)C(=O)C=CC2=O. The van der Waals surface area contributed by atoms with Crippen molar-refractivity contribution in [2.45, 2.75) is 20.4 Å². The van der Waals surface area contributed by atoms with E-state index in [1.54, 1.807) is 63.4 Å². The number of ketones is 2. The van der Waals surface area contributed by atoms with E-state index in [9.17, 15) is 24.6 Å². The van der Waals surface area contributed by atoms with Gasteiger partial charge >= 0.3 is 5.97 Å². The van der Waals surface area contributed by atoms with E-state index in [0.717, 1.165) is 17.7 Å². The van der Waals surface area contributed by atoms with Crippen molar-refractivity contribution in [2.24, 2.45) is 0 Å². The molecule has 0 radical (unpaired) electrons. The maximum Gasteiger partial charge on any atom is 0.340 e. The van der Waals surface area contributed by atoms with Gasteiger partial charge in [0, 0.05) is 16.5 Å². The van der Waals surface area contributed by atoms with Crippen molar-refractivity contribution in [3.8, 4) is 17.4 Å². The van der Waals surface area contributed by atoms with Crippen LogP contribution in [0.2, 0.25) is 0 Å². The summed E-state index contributed by atoms with van der Waals surface area (Å²) >= 11 is 0. The number of methoxy groups -OCH3 is 1. The molecule has 1 aliphatic rings. The highest BCUT2D eigenvalue weighted by Gasteiger charge is 2.31. The summed E-state index contributed by atoms with van der Waals surface area (Å²) in [7, 11) is 1.55. The van der Waals surface area contributed by atoms with Crippen LogP contribution in [0.3, 0.4) is 0 Å². The van der Waals surface area contributed by atoms with Gasteiger partial charge in [-0.3, -0.25) is 9.59 Å². The number of aromatic nitrogens is 1. The highest BCUT2D eigenvalue weighted by Crippen LogP contribution is 2.37. The number of rotatable bonds is 5. The molecule has 0 fully saturated rings. The molecule has 1 aliphatic carbocycles. The summed E-state index contributed by atoms with van der Waals surface area (Å²) in [5.74, 6) is -2.29. The van der Waals surface area contributed by atoms with Crippen LogP contribution in [0.25, 0.3) is 10.8 Å². The van der Waals surface area contributed by atoms with Gasteiger partial charge in [0.05, 0.1) is 37.0 Å². The average Bonchev–Trinajstić information content (AvgIpc) is 2.91. The van der Waals surface area contributed by atoms with Crippen molar-refractivity contribution in [2.75, 3.05) is 13.7 Å². The summed E-state index contributed by atoms with van der Waals surface area (Å²) in [6, 6.07) is 13.5. The maximum absolute atomic E-state index is 13.2. The molecule has 0 bridgehead atoms. The Morgan fingerprint density at radius 1 is 0.917 bits per heavy atom. The van der Waals surface area contributed by atoms with Gasteiger partial charge in [-0.05, 0) is 49.8 Å². The predicted octanol–water partition coefficient (Wildman–Crippen LogP) is 4.65. The molecule has 2 aromatic carbocycles. The third-order valence-corrected chi connectivity index (χ3v) is 6.04. The van der Waals surface area contributed by atoms with Crippen molar-refractivity contribution in [1.82, 2.24) is 4.57 Å². The quantitative estimate of drug-likeness (QED) is 0.503. The number of nitrogens with zero attached hydrogens (tertiary/aromatic N) is 1. The second-order valence-electron chi connectivity index (χ2n) is 8.14. The number of carbonyl (C=O) groups excluding carboxylic acids is 3. The summed E-state index contributed by atoms with van der Waals surface area (Å²) in [6.45, 7) is 3.28. The number of aromatic hydroxyl groups is 2. The van der Waals surface area contributed by atoms with Crippen LogP contribution >= 0.6 is 0 Å². The van der Waals surface area contributed by atoms with Gasteiger partial charge in [0.2, 0.25) is 0 Å². The van der Waals surface area contributed by atoms with Gasteiger partial charge in [-0.1, -0.05) is 30.3 Å². The Balaban J connectivity index is 2.23. The molecule has 3 aromatic rings. The molecule has 0 saturated heterocycles. The lowest BCUT2D eigenvalue weighted by Crippen LogP contribution is -2.20. The molecule has 184 valence electrons. The molecule has 0 amide bonds. The van der Waals surface area contributed by atoms with Crippen molar-refractivity contribution in [1.29, 1.82) is 0 Å². The Labute approximate surface area is 207 Å². The van der Waals surface area contributed by atoms with Crippen LogP contribution in [0.4, 0.5) is 0 Å². The van der Waals surface area contributed by atoms with Gasteiger partial charge in [0.25, 0.3) is 0 Å². The molecule has 8 heteroatoms. The zero-order valence-electron chi connectivity index (χ0n) is 20.1. The second-order valence-corrected chi connectivity index (χ2v) is 8.14. The lowest BCUT2D eigenvalue weighted by Gasteiger charge is -2.17. The number of esters is 1. The molecule has 4 rings (SSSR count). The standard InChI is InChI=1S/C28H25NO7/c1-4-36-28(34)23-16(2)29(15-17-9-11-18(35-3)12-10-17)27(33)20-8-6-5-7-19(20)26(32)25-22(31)14-13-21(30)24(23)25/h5-14,32-33H,4,15H2,1-3H3. The Bertz CT molecular complexity index is 1480. The van der Waals surface area contributed by atoms with Crippen molar-refractivity contribution >= 4 is 28.3 Å². The van der Waals surface area contributed by atoms with Gasteiger partial charge < -0.3 is 24.3 Å². The monoisotopic (exact) mass is 487 g/mol.